The molecule has 1 N–H and O–H groups in total. The Morgan fingerprint density at radius 2 is 2.15 bits per heavy atom. The van der Waals surface area contributed by atoms with Crippen molar-refractivity contribution in [1.29, 1.82) is 0 Å². The smallest absolute Gasteiger partial charge is 0.125 e. The van der Waals surface area contributed by atoms with Gasteiger partial charge in [0.05, 0.1) is 30.1 Å². The summed E-state index contributed by atoms with van der Waals surface area (Å²) in [5, 5.41) is 8.86. The minimum absolute atomic E-state index is 0.104. The van der Waals surface area contributed by atoms with Gasteiger partial charge in [0, 0.05) is 17.6 Å². The topological polar surface area (TPSA) is 39.1 Å². The number of aromatic nitrogens is 2. The van der Waals surface area contributed by atoms with E-state index in [1.165, 1.54) is 0 Å². The lowest BCUT2D eigenvalue weighted by molar-refractivity contribution is 0.403. The van der Waals surface area contributed by atoms with Gasteiger partial charge in [-0.1, -0.05) is 36.2 Å². The quantitative estimate of drug-likeness (QED) is 0.919. The van der Waals surface area contributed by atoms with Crippen LogP contribution in [0, 0.1) is 0 Å². The number of nitrogens with zero attached hydrogens (tertiary/aromatic N) is 2. The minimum atomic E-state index is -0.104. The summed E-state index contributed by atoms with van der Waals surface area (Å²) < 4.78 is 7.20. The highest BCUT2D eigenvalue weighted by Crippen LogP contribution is 2.34. The van der Waals surface area contributed by atoms with Gasteiger partial charge in [0.2, 0.25) is 0 Å². The Morgan fingerprint density at radius 1 is 1.40 bits per heavy atom. The van der Waals surface area contributed by atoms with Crippen LogP contribution in [0.5, 0.6) is 5.75 Å². The van der Waals surface area contributed by atoms with Crippen molar-refractivity contribution in [3.8, 4) is 5.75 Å². The average Bonchev–Trinajstić information content (AvgIpc) is 2.76. The molecule has 20 heavy (non-hydrogen) atoms. The largest absolute Gasteiger partial charge is 0.496 e. The van der Waals surface area contributed by atoms with Gasteiger partial charge >= 0.3 is 0 Å². The molecule has 108 valence electrons. The lowest BCUT2D eigenvalue weighted by Crippen LogP contribution is -2.25. The second kappa shape index (κ2) is 6.48. The summed E-state index contributed by atoms with van der Waals surface area (Å²) in [6, 6.07) is 5.48. The normalized spacial score (nSPS) is 12.4. The van der Waals surface area contributed by atoms with Gasteiger partial charge in [-0.2, -0.15) is 5.10 Å². The molecule has 0 fully saturated rings. The monoisotopic (exact) mass is 313 g/mol. The molecule has 0 saturated heterocycles. The number of methoxy groups -OCH3 is 1. The second-order valence-electron chi connectivity index (χ2n) is 4.38. The summed E-state index contributed by atoms with van der Waals surface area (Å²) in [5.41, 5.74) is 1.87. The van der Waals surface area contributed by atoms with Crippen molar-refractivity contribution in [2.24, 2.45) is 7.05 Å². The van der Waals surface area contributed by atoms with Crippen LogP contribution >= 0.6 is 23.2 Å². The molecule has 0 bridgehead atoms. The van der Waals surface area contributed by atoms with Gasteiger partial charge < -0.3 is 10.1 Å². The summed E-state index contributed by atoms with van der Waals surface area (Å²) in [5.74, 6) is 0.723. The van der Waals surface area contributed by atoms with Crippen molar-refractivity contribution in [2.75, 3.05) is 13.7 Å². The third-order valence-corrected chi connectivity index (χ3v) is 3.65. The van der Waals surface area contributed by atoms with Crippen molar-refractivity contribution in [1.82, 2.24) is 15.1 Å². The van der Waals surface area contributed by atoms with E-state index in [4.69, 9.17) is 27.9 Å². The van der Waals surface area contributed by atoms with Crippen LogP contribution in [-0.2, 0) is 7.05 Å². The van der Waals surface area contributed by atoms with Gasteiger partial charge in [-0.15, -0.1) is 0 Å². The number of aryl methyl sites for hydroxylation is 1. The Balaban J connectivity index is 2.54. The highest BCUT2D eigenvalue weighted by Gasteiger charge is 2.23. The van der Waals surface area contributed by atoms with Crippen LogP contribution in [0.3, 0.4) is 0 Å². The van der Waals surface area contributed by atoms with Crippen molar-refractivity contribution in [3.63, 3.8) is 0 Å². The molecule has 1 atom stereocenters. The van der Waals surface area contributed by atoms with E-state index in [1.807, 2.05) is 26.1 Å². The Bertz CT molecular complexity index is 579. The molecule has 0 spiro atoms. The minimum Gasteiger partial charge on any atom is -0.496 e. The molecule has 0 saturated carbocycles. The van der Waals surface area contributed by atoms with Gasteiger partial charge in [-0.25, -0.2) is 0 Å². The van der Waals surface area contributed by atoms with Crippen LogP contribution < -0.4 is 10.1 Å². The Hall–Kier alpha value is -1.23. The molecule has 0 radical (unpaired) electrons. The molecule has 1 aromatic heterocycles. The van der Waals surface area contributed by atoms with E-state index < -0.39 is 0 Å². The molecule has 0 aliphatic heterocycles. The molecule has 0 amide bonds. The maximum absolute atomic E-state index is 6.26. The van der Waals surface area contributed by atoms with E-state index >= 15 is 0 Å². The standard InChI is InChI=1S/C14H17Cl2N3O/c1-4-17-13(14-11(16)8-18-19(14)2)10-6-5-9(15)7-12(10)20-3/h5-8,13,17H,4H2,1-3H3. The molecule has 6 heteroatoms. The Kier molecular flexibility index (Phi) is 4.91. The summed E-state index contributed by atoms with van der Waals surface area (Å²) in [7, 11) is 3.50. The second-order valence-corrected chi connectivity index (χ2v) is 5.22. The zero-order valence-electron chi connectivity index (χ0n) is 11.7. The van der Waals surface area contributed by atoms with Crippen LogP contribution in [0.15, 0.2) is 24.4 Å². The van der Waals surface area contributed by atoms with Crippen molar-refractivity contribution >= 4 is 23.2 Å². The molecule has 1 unspecified atom stereocenters. The predicted octanol–water partition coefficient (Wildman–Crippen LogP) is 3.43. The van der Waals surface area contributed by atoms with Crippen LogP contribution in [0.2, 0.25) is 10.0 Å². The van der Waals surface area contributed by atoms with E-state index in [0.29, 0.717) is 10.0 Å². The number of benzene rings is 1. The highest BCUT2D eigenvalue weighted by atomic mass is 35.5. The van der Waals surface area contributed by atoms with Crippen LogP contribution in [0.25, 0.3) is 0 Å². The lowest BCUT2D eigenvalue weighted by Gasteiger charge is -2.21. The maximum Gasteiger partial charge on any atom is 0.125 e. The zero-order chi connectivity index (χ0) is 14.7. The van der Waals surface area contributed by atoms with Gasteiger partial charge in [0.15, 0.2) is 0 Å². The molecule has 2 rings (SSSR count). The fourth-order valence-corrected chi connectivity index (χ4v) is 2.66. The molecule has 0 aliphatic carbocycles. The number of hydrogen-bond donors (Lipinski definition) is 1. The average molecular weight is 314 g/mol. The number of rotatable bonds is 5. The van der Waals surface area contributed by atoms with Crippen LogP contribution in [-0.4, -0.2) is 23.4 Å². The molecule has 0 aliphatic rings. The first-order valence-corrected chi connectivity index (χ1v) is 7.08. The van der Waals surface area contributed by atoms with Gasteiger partial charge in [-0.3, -0.25) is 4.68 Å². The first kappa shape index (κ1) is 15.2. The lowest BCUT2D eigenvalue weighted by atomic mass is 10.0. The molecular weight excluding hydrogens is 297 g/mol. The highest BCUT2D eigenvalue weighted by molar-refractivity contribution is 6.31. The predicted molar refractivity (Wildman–Crippen MR) is 81.7 cm³/mol. The van der Waals surface area contributed by atoms with Crippen LogP contribution in [0.1, 0.15) is 24.2 Å². The summed E-state index contributed by atoms with van der Waals surface area (Å²) >= 11 is 12.3. The van der Waals surface area contributed by atoms with E-state index in [1.54, 1.807) is 24.1 Å². The molecule has 1 aromatic carbocycles. The number of hydrogen-bond acceptors (Lipinski definition) is 3. The van der Waals surface area contributed by atoms with Gasteiger partial charge in [-0.05, 0) is 18.7 Å². The number of ether oxygens (including phenoxy) is 1. The third-order valence-electron chi connectivity index (χ3n) is 3.13. The van der Waals surface area contributed by atoms with Crippen LogP contribution in [0.4, 0.5) is 0 Å². The molecule has 1 heterocycles. The summed E-state index contributed by atoms with van der Waals surface area (Å²) in [6.07, 6.45) is 1.64. The van der Waals surface area contributed by atoms with E-state index in [0.717, 1.165) is 23.6 Å². The van der Waals surface area contributed by atoms with Crippen molar-refractivity contribution < 1.29 is 4.74 Å². The van der Waals surface area contributed by atoms with Crippen molar-refractivity contribution in [2.45, 2.75) is 13.0 Å². The first-order chi connectivity index (χ1) is 9.58. The molecular formula is C14H17Cl2N3O. The van der Waals surface area contributed by atoms with Gasteiger partial charge in [0.1, 0.15) is 5.75 Å². The fourth-order valence-electron chi connectivity index (χ4n) is 2.23. The summed E-state index contributed by atoms with van der Waals surface area (Å²) in [6.45, 7) is 2.83. The first-order valence-electron chi connectivity index (χ1n) is 6.32. The molecule has 2 aromatic rings. The fraction of sp³-hybridized carbons (Fsp3) is 0.357. The SMILES string of the molecule is CCNC(c1ccc(Cl)cc1OC)c1c(Cl)cnn1C. The Labute approximate surface area is 128 Å². The van der Waals surface area contributed by atoms with E-state index in [9.17, 15) is 0 Å². The van der Waals surface area contributed by atoms with E-state index in [2.05, 4.69) is 10.4 Å². The third kappa shape index (κ3) is 2.92. The maximum atomic E-state index is 6.26. The molecule has 4 nitrogen and oxygen atoms in total. The number of halogens is 2. The Morgan fingerprint density at radius 3 is 2.70 bits per heavy atom. The van der Waals surface area contributed by atoms with Gasteiger partial charge in [0.25, 0.3) is 0 Å². The van der Waals surface area contributed by atoms with Crippen molar-refractivity contribution in [3.05, 3.63) is 45.7 Å². The number of nitrogens with one attached hydrogen (secondary N) is 1. The van der Waals surface area contributed by atoms with E-state index in [-0.39, 0.29) is 6.04 Å². The summed E-state index contributed by atoms with van der Waals surface area (Å²) in [4.78, 5) is 0. The zero-order valence-corrected chi connectivity index (χ0v) is 13.2.